The van der Waals surface area contributed by atoms with Crippen LogP contribution in [0.25, 0.3) is 0 Å². The summed E-state index contributed by atoms with van der Waals surface area (Å²) in [7, 11) is 0. The minimum absolute atomic E-state index is 0.178. The Balaban J connectivity index is 2.01. The van der Waals surface area contributed by atoms with Gasteiger partial charge in [-0.25, -0.2) is 4.79 Å². The van der Waals surface area contributed by atoms with Gasteiger partial charge in [0.1, 0.15) is 5.54 Å². The molecule has 0 radical (unpaired) electrons. The molecule has 5 heteroatoms. The molecule has 1 aliphatic rings. The number of amides is 3. The highest BCUT2D eigenvalue weighted by atomic mass is 16.2. The molecule has 1 aliphatic heterocycles. The average molecular weight is 247 g/mol. The molecule has 1 heterocycles. The molecule has 1 aromatic rings. The molecule has 0 aromatic heterocycles. The number of nitrogens with zero attached hydrogens (tertiary/aromatic N) is 1. The van der Waals surface area contributed by atoms with Crippen molar-refractivity contribution in [2.24, 2.45) is 0 Å². The Bertz CT molecular complexity index is 480. The molecule has 2 rings (SSSR count). The van der Waals surface area contributed by atoms with Crippen molar-refractivity contribution in [2.45, 2.75) is 25.8 Å². The summed E-state index contributed by atoms with van der Waals surface area (Å²) in [5.74, 6) is -0.178. The molecule has 5 nitrogen and oxygen atoms in total. The van der Waals surface area contributed by atoms with Gasteiger partial charge in [0, 0.05) is 12.2 Å². The van der Waals surface area contributed by atoms with E-state index in [9.17, 15) is 9.59 Å². The molecule has 0 atom stereocenters. The Labute approximate surface area is 106 Å². The number of carbonyl (C=O) groups excluding carboxylic acids is 2. The quantitative estimate of drug-likeness (QED) is 0.621. The van der Waals surface area contributed by atoms with E-state index in [1.54, 1.807) is 13.8 Å². The van der Waals surface area contributed by atoms with Crippen molar-refractivity contribution in [2.75, 3.05) is 12.3 Å². The number of imide groups is 1. The lowest BCUT2D eigenvalue weighted by atomic mass is 10.1. The van der Waals surface area contributed by atoms with E-state index < -0.39 is 5.54 Å². The highest BCUT2D eigenvalue weighted by molar-refractivity contribution is 6.06. The van der Waals surface area contributed by atoms with Crippen LogP contribution in [0.15, 0.2) is 24.3 Å². The maximum absolute atomic E-state index is 11.9. The van der Waals surface area contributed by atoms with Crippen molar-refractivity contribution < 1.29 is 9.59 Å². The van der Waals surface area contributed by atoms with Crippen molar-refractivity contribution in [1.82, 2.24) is 10.2 Å². The lowest BCUT2D eigenvalue weighted by Gasteiger charge is -2.15. The maximum Gasteiger partial charge on any atom is 0.325 e. The number of nitrogens with one attached hydrogen (secondary N) is 1. The van der Waals surface area contributed by atoms with Crippen LogP contribution in [-0.4, -0.2) is 28.9 Å². The predicted octanol–water partition coefficient (Wildman–Crippen LogP) is 1.14. The third-order valence-electron chi connectivity index (χ3n) is 3.05. The van der Waals surface area contributed by atoms with Crippen LogP contribution in [0.1, 0.15) is 19.4 Å². The number of anilines is 1. The topological polar surface area (TPSA) is 75.4 Å². The zero-order chi connectivity index (χ0) is 13.3. The Kier molecular flexibility index (Phi) is 2.98. The van der Waals surface area contributed by atoms with Gasteiger partial charge in [-0.15, -0.1) is 0 Å². The Morgan fingerprint density at radius 1 is 1.22 bits per heavy atom. The van der Waals surface area contributed by atoms with E-state index >= 15 is 0 Å². The number of urea groups is 1. The first-order valence-corrected chi connectivity index (χ1v) is 5.89. The average Bonchev–Trinajstić information content (AvgIpc) is 2.49. The molecular weight excluding hydrogens is 230 g/mol. The fraction of sp³-hybridized carbons (Fsp3) is 0.385. The van der Waals surface area contributed by atoms with Crippen LogP contribution >= 0.6 is 0 Å². The van der Waals surface area contributed by atoms with Gasteiger partial charge in [0.25, 0.3) is 5.91 Å². The zero-order valence-corrected chi connectivity index (χ0v) is 10.6. The molecule has 1 aromatic carbocycles. The summed E-state index contributed by atoms with van der Waals surface area (Å²) < 4.78 is 0. The molecule has 0 unspecified atom stereocenters. The second-order valence-electron chi connectivity index (χ2n) is 5.00. The van der Waals surface area contributed by atoms with Gasteiger partial charge in [0.05, 0.1) is 0 Å². The molecule has 0 aliphatic carbocycles. The van der Waals surface area contributed by atoms with Crippen molar-refractivity contribution in [3.8, 4) is 0 Å². The van der Waals surface area contributed by atoms with Crippen molar-refractivity contribution >= 4 is 17.6 Å². The number of rotatable bonds is 3. The van der Waals surface area contributed by atoms with E-state index in [4.69, 9.17) is 5.73 Å². The SMILES string of the molecule is CC1(C)NC(=O)N(CCc2ccc(N)cc2)C1=O. The van der Waals surface area contributed by atoms with Crippen LogP contribution in [0, 0.1) is 0 Å². The first kappa shape index (κ1) is 12.4. The smallest absolute Gasteiger partial charge is 0.325 e. The largest absolute Gasteiger partial charge is 0.399 e. The third-order valence-corrected chi connectivity index (χ3v) is 3.05. The number of nitrogen functional groups attached to an aromatic ring is 1. The highest BCUT2D eigenvalue weighted by Crippen LogP contribution is 2.17. The minimum Gasteiger partial charge on any atom is -0.399 e. The first-order chi connectivity index (χ1) is 8.40. The fourth-order valence-corrected chi connectivity index (χ4v) is 1.95. The second-order valence-corrected chi connectivity index (χ2v) is 5.00. The normalized spacial score (nSPS) is 18.0. The summed E-state index contributed by atoms with van der Waals surface area (Å²) in [4.78, 5) is 24.8. The van der Waals surface area contributed by atoms with Crippen LogP contribution in [0.4, 0.5) is 10.5 Å². The first-order valence-electron chi connectivity index (χ1n) is 5.89. The van der Waals surface area contributed by atoms with Crippen molar-refractivity contribution in [3.63, 3.8) is 0 Å². The Morgan fingerprint density at radius 3 is 2.33 bits per heavy atom. The number of hydrogen-bond acceptors (Lipinski definition) is 3. The number of benzene rings is 1. The molecule has 1 fully saturated rings. The molecule has 0 spiro atoms. The monoisotopic (exact) mass is 247 g/mol. The summed E-state index contributed by atoms with van der Waals surface area (Å²) in [5.41, 5.74) is 6.56. The fourth-order valence-electron chi connectivity index (χ4n) is 1.95. The van der Waals surface area contributed by atoms with E-state index in [1.165, 1.54) is 4.90 Å². The summed E-state index contributed by atoms with van der Waals surface area (Å²) in [6, 6.07) is 7.11. The van der Waals surface area contributed by atoms with Crippen LogP contribution in [0.3, 0.4) is 0 Å². The van der Waals surface area contributed by atoms with Gasteiger partial charge in [0.2, 0.25) is 0 Å². The number of carbonyl (C=O) groups is 2. The summed E-state index contributed by atoms with van der Waals surface area (Å²) in [6.07, 6.45) is 0.634. The van der Waals surface area contributed by atoms with Gasteiger partial charge in [-0.05, 0) is 38.0 Å². The van der Waals surface area contributed by atoms with Crippen molar-refractivity contribution in [1.29, 1.82) is 0 Å². The summed E-state index contributed by atoms with van der Waals surface area (Å²) >= 11 is 0. The molecule has 3 N–H and O–H groups in total. The van der Waals surface area contributed by atoms with E-state index in [-0.39, 0.29) is 11.9 Å². The third kappa shape index (κ3) is 2.30. The van der Waals surface area contributed by atoms with E-state index in [0.717, 1.165) is 5.56 Å². The zero-order valence-electron chi connectivity index (χ0n) is 10.6. The van der Waals surface area contributed by atoms with Crippen LogP contribution < -0.4 is 11.1 Å². The molecule has 3 amide bonds. The molecule has 0 saturated carbocycles. The molecular formula is C13H17N3O2. The Hall–Kier alpha value is -2.04. The van der Waals surface area contributed by atoms with E-state index in [1.807, 2.05) is 24.3 Å². The highest BCUT2D eigenvalue weighted by Gasteiger charge is 2.43. The lowest BCUT2D eigenvalue weighted by molar-refractivity contribution is -0.130. The van der Waals surface area contributed by atoms with Gasteiger partial charge in [-0.2, -0.15) is 0 Å². The molecule has 0 bridgehead atoms. The van der Waals surface area contributed by atoms with Crippen LogP contribution in [0.2, 0.25) is 0 Å². The lowest BCUT2D eigenvalue weighted by Crippen LogP contribution is -2.40. The molecule has 96 valence electrons. The van der Waals surface area contributed by atoms with E-state index in [0.29, 0.717) is 18.7 Å². The van der Waals surface area contributed by atoms with Gasteiger partial charge in [-0.3, -0.25) is 9.69 Å². The van der Waals surface area contributed by atoms with Gasteiger partial charge in [-0.1, -0.05) is 12.1 Å². The number of nitrogens with two attached hydrogens (primary N) is 1. The van der Waals surface area contributed by atoms with Crippen LogP contribution in [-0.2, 0) is 11.2 Å². The van der Waals surface area contributed by atoms with Gasteiger partial charge >= 0.3 is 6.03 Å². The second kappa shape index (κ2) is 4.33. The summed E-state index contributed by atoms with van der Waals surface area (Å²) in [5, 5.41) is 2.66. The molecule has 18 heavy (non-hydrogen) atoms. The van der Waals surface area contributed by atoms with E-state index in [2.05, 4.69) is 5.32 Å². The Morgan fingerprint density at radius 2 is 1.83 bits per heavy atom. The molecule has 1 saturated heterocycles. The minimum atomic E-state index is -0.793. The standard InChI is InChI=1S/C13H17N3O2/c1-13(2)11(17)16(12(18)15-13)8-7-9-3-5-10(14)6-4-9/h3-6H,7-8,14H2,1-2H3,(H,15,18). The maximum atomic E-state index is 11.9. The summed E-state index contributed by atoms with van der Waals surface area (Å²) in [6.45, 7) is 3.80. The van der Waals surface area contributed by atoms with Gasteiger partial charge < -0.3 is 11.1 Å². The van der Waals surface area contributed by atoms with Crippen LogP contribution in [0.5, 0.6) is 0 Å². The van der Waals surface area contributed by atoms with Gasteiger partial charge in [0.15, 0.2) is 0 Å². The number of hydrogen-bond donors (Lipinski definition) is 2. The van der Waals surface area contributed by atoms with Crippen molar-refractivity contribution in [3.05, 3.63) is 29.8 Å². The predicted molar refractivity (Wildman–Crippen MR) is 68.9 cm³/mol.